The summed E-state index contributed by atoms with van der Waals surface area (Å²) < 4.78 is 7.46. The lowest BCUT2D eigenvalue weighted by Crippen LogP contribution is -2.55. The average molecular weight is 367 g/mol. The number of aryl methyl sites for hydroxylation is 1. The van der Waals surface area contributed by atoms with Gasteiger partial charge < -0.3 is 15.4 Å². The third kappa shape index (κ3) is 4.95. The maximum absolute atomic E-state index is 12.0. The van der Waals surface area contributed by atoms with Crippen molar-refractivity contribution >= 4 is 22.4 Å². The molecular formula is C18H30N4O2S. The number of carbonyl (C=O) groups is 1. The molecule has 0 saturated carbocycles. The molecule has 0 radical (unpaired) electrons. The number of ether oxygens (including phenoxy) is 1. The summed E-state index contributed by atoms with van der Waals surface area (Å²) >= 11 is 1.63. The van der Waals surface area contributed by atoms with Crippen molar-refractivity contribution in [3.05, 3.63) is 23.0 Å². The molecule has 6 nitrogen and oxygen atoms in total. The van der Waals surface area contributed by atoms with Crippen molar-refractivity contribution in [2.45, 2.75) is 66.2 Å². The Bertz CT molecular complexity index is 729. The second-order valence-corrected chi connectivity index (χ2v) is 8.85. The summed E-state index contributed by atoms with van der Waals surface area (Å²) in [5.41, 5.74) is 1.43. The van der Waals surface area contributed by atoms with Gasteiger partial charge in [-0.2, -0.15) is 0 Å². The van der Waals surface area contributed by atoms with Gasteiger partial charge in [0.15, 0.2) is 4.96 Å². The molecule has 25 heavy (non-hydrogen) atoms. The predicted octanol–water partition coefficient (Wildman–Crippen LogP) is 3.73. The summed E-state index contributed by atoms with van der Waals surface area (Å²) in [6.45, 7) is 15.2. The fourth-order valence-electron chi connectivity index (χ4n) is 2.48. The number of rotatable bonds is 6. The molecule has 1 unspecified atom stereocenters. The summed E-state index contributed by atoms with van der Waals surface area (Å²) in [5.74, 6) is 0.327. The molecule has 0 bridgehead atoms. The first-order chi connectivity index (χ1) is 11.5. The van der Waals surface area contributed by atoms with E-state index in [4.69, 9.17) is 4.74 Å². The number of carbonyl (C=O) groups excluding carboxylic acids is 1. The molecule has 2 N–H and O–H groups in total. The standard InChI is InChI=1S/C18H30N4O2S/c1-12(2)18(7,11-19-16(23)24-17(4,5)6)20-10-14-13(3)21-15-22(14)8-9-25-15/h8-9,12,20H,10-11H2,1-7H3,(H,19,23). The highest BCUT2D eigenvalue weighted by Crippen LogP contribution is 2.20. The number of fused-ring (bicyclic) bond motifs is 1. The zero-order valence-corrected chi connectivity index (χ0v) is 17.1. The number of nitrogens with one attached hydrogen (secondary N) is 2. The van der Waals surface area contributed by atoms with Gasteiger partial charge in [0.25, 0.3) is 0 Å². The van der Waals surface area contributed by atoms with Crippen LogP contribution in [-0.2, 0) is 11.3 Å². The Morgan fingerprint density at radius 1 is 1.36 bits per heavy atom. The first kappa shape index (κ1) is 19.7. The topological polar surface area (TPSA) is 67.7 Å². The summed E-state index contributed by atoms with van der Waals surface area (Å²) in [5, 5.41) is 8.55. The Morgan fingerprint density at radius 3 is 2.64 bits per heavy atom. The van der Waals surface area contributed by atoms with Crippen LogP contribution >= 0.6 is 11.3 Å². The molecule has 0 aliphatic rings. The maximum Gasteiger partial charge on any atom is 0.407 e. The molecule has 0 aliphatic carbocycles. The summed E-state index contributed by atoms with van der Waals surface area (Å²) in [6.07, 6.45) is 1.66. The fourth-order valence-corrected chi connectivity index (χ4v) is 3.26. The lowest BCUT2D eigenvalue weighted by Gasteiger charge is -2.35. The van der Waals surface area contributed by atoms with E-state index in [9.17, 15) is 4.79 Å². The highest BCUT2D eigenvalue weighted by atomic mass is 32.1. The van der Waals surface area contributed by atoms with Crippen LogP contribution < -0.4 is 10.6 Å². The summed E-state index contributed by atoms with van der Waals surface area (Å²) in [7, 11) is 0. The molecule has 0 fully saturated rings. The Morgan fingerprint density at radius 2 is 2.04 bits per heavy atom. The van der Waals surface area contributed by atoms with Gasteiger partial charge in [-0.3, -0.25) is 4.40 Å². The Kier molecular flexibility index (Phi) is 5.79. The number of imidazole rings is 1. The van der Waals surface area contributed by atoms with Gasteiger partial charge in [0.05, 0.1) is 11.4 Å². The van der Waals surface area contributed by atoms with Crippen LogP contribution in [0.25, 0.3) is 4.96 Å². The third-order valence-electron chi connectivity index (χ3n) is 4.49. The zero-order valence-electron chi connectivity index (χ0n) is 16.3. The van der Waals surface area contributed by atoms with Crippen molar-refractivity contribution < 1.29 is 9.53 Å². The average Bonchev–Trinajstić information content (AvgIpc) is 3.02. The van der Waals surface area contributed by atoms with E-state index in [0.717, 1.165) is 16.3 Å². The number of thiazole rings is 1. The van der Waals surface area contributed by atoms with Crippen molar-refractivity contribution in [1.82, 2.24) is 20.0 Å². The number of hydrogen-bond donors (Lipinski definition) is 2. The van der Waals surface area contributed by atoms with Gasteiger partial charge in [0, 0.05) is 30.2 Å². The highest BCUT2D eigenvalue weighted by Gasteiger charge is 2.30. The lowest BCUT2D eigenvalue weighted by molar-refractivity contribution is 0.0503. The van der Waals surface area contributed by atoms with Crippen molar-refractivity contribution in [3.8, 4) is 0 Å². The second kappa shape index (κ2) is 7.33. The van der Waals surface area contributed by atoms with E-state index in [1.165, 1.54) is 0 Å². The zero-order chi connectivity index (χ0) is 18.8. The largest absolute Gasteiger partial charge is 0.444 e. The Balaban J connectivity index is 2.03. The fraction of sp³-hybridized carbons (Fsp3) is 0.667. The maximum atomic E-state index is 12.0. The Hall–Kier alpha value is -1.60. The number of alkyl carbamates (subject to hydrolysis) is 1. The third-order valence-corrected chi connectivity index (χ3v) is 5.25. The molecule has 2 aromatic rings. The van der Waals surface area contributed by atoms with Crippen molar-refractivity contribution in [2.24, 2.45) is 5.92 Å². The summed E-state index contributed by atoms with van der Waals surface area (Å²) in [4.78, 5) is 17.6. The molecule has 0 aromatic carbocycles. The van der Waals surface area contributed by atoms with Crippen LogP contribution in [0.4, 0.5) is 4.79 Å². The highest BCUT2D eigenvalue weighted by molar-refractivity contribution is 7.15. The van der Waals surface area contributed by atoms with E-state index in [0.29, 0.717) is 19.0 Å². The van der Waals surface area contributed by atoms with Crippen molar-refractivity contribution in [1.29, 1.82) is 0 Å². The van der Waals surface area contributed by atoms with Crippen LogP contribution in [0.2, 0.25) is 0 Å². The molecule has 2 aromatic heterocycles. The number of amides is 1. The van der Waals surface area contributed by atoms with Crippen LogP contribution in [0, 0.1) is 12.8 Å². The van der Waals surface area contributed by atoms with Crippen LogP contribution in [0.1, 0.15) is 52.9 Å². The van der Waals surface area contributed by atoms with Gasteiger partial charge in [-0.05, 0) is 40.5 Å². The van der Waals surface area contributed by atoms with E-state index in [-0.39, 0.29) is 11.6 Å². The van der Waals surface area contributed by atoms with E-state index in [1.54, 1.807) is 11.3 Å². The minimum atomic E-state index is -0.495. The Labute approximate surface area is 154 Å². The van der Waals surface area contributed by atoms with Gasteiger partial charge >= 0.3 is 6.09 Å². The molecule has 0 spiro atoms. The number of hydrogen-bond acceptors (Lipinski definition) is 5. The van der Waals surface area contributed by atoms with E-state index >= 15 is 0 Å². The van der Waals surface area contributed by atoms with Gasteiger partial charge in [-0.1, -0.05) is 13.8 Å². The normalized spacial score (nSPS) is 14.7. The van der Waals surface area contributed by atoms with E-state index in [1.807, 2.05) is 39.3 Å². The van der Waals surface area contributed by atoms with Gasteiger partial charge in [0.1, 0.15) is 5.60 Å². The van der Waals surface area contributed by atoms with E-state index in [2.05, 4.69) is 40.8 Å². The van der Waals surface area contributed by atoms with Crippen LogP contribution in [0.5, 0.6) is 0 Å². The van der Waals surface area contributed by atoms with Crippen LogP contribution in [-0.4, -0.2) is 33.2 Å². The monoisotopic (exact) mass is 366 g/mol. The van der Waals surface area contributed by atoms with E-state index < -0.39 is 5.60 Å². The molecule has 0 saturated heterocycles. The molecule has 2 heterocycles. The summed E-state index contributed by atoms with van der Waals surface area (Å²) in [6, 6.07) is 0. The van der Waals surface area contributed by atoms with Gasteiger partial charge in [0.2, 0.25) is 0 Å². The first-order valence-electron chi connectivity index (χ1n) is 8.65. The van der Waals surface area contributed by atoms with Gasteiger partial charge in [-0.25, -0.2) is 9.78 Å². The quantitative estimate of drug-likeness (QED) is 0.817. The van der Waals surface area contributed by atoms with Gasteiger partial charge in [-0.15, -0.1) is 11.3 Å². The van der Waals surface area contributed by atoms with Crippen molar-refractivity contribution in [2.75, 3.05) is 6.54 Å². The predicted molar refractivity (Wildman–Crippen MR) is 102 cm³/mol. The molecule has 1 amide bonds. The number of aromatic nitrogens is 2. The molecule has 2 rings (SSSR count). The second-order valence-electron chi connectivity index (χ2n) is 7.98. The minimum absolute atomic E-state index is 0.260. The molecule has 140 valence electrons. The van der Waals surface area contributed by atoms with Crippen LogP contribution in [0.3, 0.4) is 0 Å². The number of nitrogens with zero attached hydrogens (tertiary/aromatic N) is 2. The van der Waals surface area contributed by atoms with Crippen LogP contribution in [0.15, 0.2) is 11.6 Å². The molecule has 1 atom stereocenters. The molecule has 0 aliphatic heterocycles. The molecular weight excluding hydrogens is 336 g/mol. The van der Waals surface area contributed by atoms with Crippen molar-refractivity contribution in [3.63, 3.8) is 0 Å². The first-order valence-corrected chi connectivity index (χ1v) is 9.53. The minimum Gasteiger partial charge on any atom is -0.444 e. The smallest absolute Gasteiger partial charge is 0.407 e. The lowest BCUT2D eigenvalue weighted by atomic mass is 9.88. The SMILES string of the molecule is Cc1nc2sccn2c1CNC(C)(CNC(=O)OC(C)(C)C)C(C)C. The molecule has 7 heteroatoms.